The number of carbonyl (C=O) groups excluding carboxylic acids is 1. The number of amides is 2. The first-order valence-electron chi connectivity index (χ1n) is 8.66. The fourth-order valence-corrected chi connectivity index (χ4v) is 3.36. The molecule has 1 aromatic rings. The van der Waals surface area contributed by atoms with Crippen LogP contribution in [0.5, 0.6) is 0 Å². The average molecular weight is 348 g/mol. The summed E-state index contributed by atoms with van der Waals surface area (Å²) in [5.41, 5.74) is 1.05. The van der Waals surface area contributed by atoms with Gasteiger partial charge in [0, 0.05) is 57.4 Å². The highest BCUT2D eigenvalue weighted by atomic mass is 16.6. The number of hydrogen-bond acceptors (Lipinski definition) is 5. The Labute approximate surface area is 147 Å². The van der Waals surface area contributed by atoms with Crippen molar-refractivity contribution in [2.45, 2.75) is 13.0 Å². The lowest BCUT2D eigenvalue weighted by Gasteiger charge is -2.40. The predicted octanol–water partition coefficient (Wildman–Crippen LogP) is 1.73. The highest BCUT2D eigenvalue weighted by Crippen LogP contribution is 2.25. The summed E-state index contributed by atoms with van der Waals surface area (Å²) in [4.78, 5) is 29.1. The number of nitro groups is 1. The van der Waals surface area contributed by atoms with Crippen LogP contribution in [0.15, 0.2) is 24.3 Å². The van der Waals surface area contributed by atoms with Crippen molar-refractivity contribution < 1.29 is 14.5 Å². The van der Waals surface area contributed by atoms with Gasteiger partial charge in [0.15, 0.2) is 0 Å². The summed E-state index contributed by atoms with van der Waals surface area (Å²) >= 11 is 0. The van der Waals surface area contributed by atoms with Crippen molar-refractivity contribution >= 4 is 11.7 Å². The van der Waals surface area contributed by atoms with Crippen LogP contribution in [0.1, 0.15) is 18.5 Å². The fraction of sp³-hybridized carbons (Fsp3) is 0.588. The number of rotatable bonds is 3. The number of carbonyl (C=O) groups is 1. The Balaban J connectivity index is 1.57. The molecule has 2 saturated heterocycles. The molecule has 0 aromatic heterocycles. The van der Waals surface area contributed by atoms with Gasteiger partial charge < -0.3 is 14.5 Å². The zero-order valence-corrected chi connectivity index (χ0v) is 14.5. The first-order chi connectivity index (χ1) is 12.1. The van der Waals surface area contributed by atoms with Crippen LogP contribution in [0.3, 0.4) is 0 Å². The molecule has 8 heteroatoms. The molecule has 1 atom stereocenters. The third-order valence-corrected chi connectivity index (χ3v) is 4.98. The first kappa shape index (κ1) is 17.6. The summed E-state index contributed by atoms with van der Waals surface area (Å²) < 4.78 is 5.29. The second-order valence-electron chi connectivity index (χ2n) is 6.43. The van der Waals surface area contributed by atoms with Gasteiger partial charge in [0.1, 0.15) is 0 Å². The van der Waals surface area contributed by atoms with Gasteiger partial charge in [-0.2, -0.15) is 0 Å². The summed E-state index contributed by atoms with van der Waals surface area (Å²) in [6.45, 7) is 7.46. The van der Waals surface area contributed by atoms with Gasteiger partial charge in [0.2, 0.25) is 0 Å². The standard InChI is InChI=1S/C17H24N4O4/c1-14(15-3-2-4-16(13-15)21(23)24)18-5-7-19(8-6-18)17(22)20-9-11-25-12-10-20/h2-4,13-14H,5-12H2,1H3/t14-/m0/s1. The van der Waals surface area contributed by atoms with Gasteiger partial charge in [-0.15, -0.1) is 0 Å². The average Bonchev–Trinajstić information content (AvgIpc) is 2.67. The van der Waals surface area contributed by atoms with Gasteiger partial charge in [-0.25, -0.2) is 4.79 Å². The molecule has 2 aliphatic rings. The minimum atomic E-state index is -0.366. The molecule has 1 aromatic carbocycles. The monoisotopic (exact) mass is 348 g/mol. The Bertz CT molecular complexity index is 625. The molecule has 0 radical (unpaired) electrons. The van der Waals surface area contributed by atoms with Crippen molar-refractivity contribution in [3.05, 3.63) is 39.9 Å². The van der Waals surface area contributed by atoms with Crippen molar-refractivity contribution in [2.75, 3.05) is 52.5 Å². The Morgan fingerprint density at radius 3 is 2.40 bits per heavy atom. The molecular weight excluding hydrogens is 324 g/mol. The van der Waals surface area contributed by atoms with Crippen molar-refractivity contribution in [2.24, 2.45) is 0 Å². The number of non-ortho nitro benzene ring substituents is 1. The van der Waals surface area contributed by atoms with E-state index in [2.05, 4.69) is 11.8 Å². The van der Waals surface area contributed by atoms with E-state index in [4.69, 9.17) is 4.74 Å². The van der Waals surface area contributed by atoms with Crippen LogP contribution >= 0.6 is 0 Å². The van der Waals surface area contributed by atoms with Crippen LogP contribution in [-0.4, -0.2) is 78.1 Å². The predicted molar refractivity (Wildman–Crippen MR) is 92.4 cm³/mol. The Kier molecular flexibility index (Phi) is 5.50. The van der Waals surface area contributed by atoms with Gasteiger partial charge in [-0.3, -0.25) is 15.0 Å². The quantitative estimate of drug-likeness (QED) is 0.614. The second kappa shape index (κ2) is 7.79. The largest absolute Gasteiger partial charge is 0.378 e. The molecule has 0 saturated carbocycles. The summed E-state index contributed by atoms with van der Waals surface area (Å²) in [6, 6.07) is 6.96. The molecule has 8 nitrogen and oxygen atoms in total. The van der Waals surface area contributed by atoms with E-state index >= 15 is 0 Å². The maximum atomic E-state index is 12.5. The smallest absolute Gasteiger partial charge is 0.320 e. The van der Waals surface area contributed by atoms with E-state index in [1.54, 1.807) is 12.1 Å². The van der Waals surface area contributed by atoms with Gasteiger partial charge in [-0.1, -0.05) is 12.1 Å². The Hall–Kier alpha value is -2.19. The topological polar surface area (TPSA) is 79.2 Å². The van der Waals surface area contributed by atoms with Crippen molar-refractivity contribution in [3.63, 3.8) is 0 Å². The van der Waals surface area contributed by atoms with Crippen molar-refractivity contribution in [3.8, 4) is 0 Å². The maximum absolute atomic E-state index is 12.5. The number of morpholine rings is 1. The van der Waals surface area contributed by atoms with E-state index in [1.807, 2.05) is 15.9 Å². The third-order valence-electron chi connectivity index (χ3n) is 4.98. The zero-order chi connectivity index (χ0) is 17.8. The lowest BCUT2D eigenvalue weighted by atomic mass is 10.1. The zero-order valence-electron chi connectivity index (χ0n) is 14.5. The number of ether oxygens (including phenoxy) is 1. The fourth-order valence-electron chi connectivity index (χ4n) is 3.36. The van der Waals surface area contributed by atoms with E-state index in [0.717, 1.165) is 18.7 Å². The minimum Gasteiger partial charge on any atom is -0.378 e. The first-order valence-corrected chi connectivity index (χ1v) is 8.66. The Morgan fingerprint density at radius 2 is 1.76 bits per heavy atom. The second-order valence-corrected chi connectivity index (χ2v) is 6.43. The molecule has 0 bridgehead atoms. The summed E-state index contributed by atoms with van der Waals surface area (Å²) in [5.74, 6) is 0. The highest BCUT2D eigenvalue weighted by Gasteiger charge is 2.28. The third kappa shape index (κ3) is 4.08. The van der Waals surface area contributed by atoms with E-state index in [0.29, 0.717) is 39.4 Å². The molecule has 0 unspecified atom stereocenters. The number of hydrogen-bond donors (Lipinski definition) is 0. The molecule has 0 aliphatic carbocycles. The van der Waals surface area contributed by atoms with Crippen LogP contribution in [0.25, 0.3) is 0 Å². The summed E-state index contributed by atoms with van der Waals surface area (Å²) in [7, 11) is 0. The van der Waals surface area contributed by atoms with E-state index in [1.165, 1.54) is 6.07 Å². The van der Waals surface area contributed by atoms with Crippen LogP contribution in [0, 0.1) is 10.1 Å². The van der Waals surface area contributed by atoms with E-state index in [-0.39, 0.29) is 22.7 Å². The number of nitro benzene ring substituents is 1. The van der Waals surface area contributed by atoms with Gasteiger partial charge in [0.05, 0.1) is 18.1 Å². The number of benzene rings is 1. The van der Waals surface area contributed by atoms with E-state index < -0.39 is 0 Å². The van der Waals surface area contributed by atoms with Gasteiger partial charge in [-0.05, 0) is 12.5 Å². The summed E-state index contributed by atoms with van der Waals surface area (Å²) in [6.07, 6.45) is 0. The van der Waals surface area contributed by atoms with Gasteiger partial charge in [0.25, 0.3) is 5.69 Å². The molecule has 0 spiro atoms. The number of piperazine rings is 1. The lowest BCUT2D eigenvalue weighted by molar-refractivity contribution is -0.385. The molecule has 3 rings (SSSR count). The minimum absolute atomic E-state index is 0.0838. The normalized spacial score (nSPS) is 20.4. The SMILES string of the molecule is C[C@@H](c1cccc([N+](=O)[O-])c1)N1CCN(C(=O)N2CCOCC2)CC1. The Morgan fingerprint density at radius 1 is 1.12 bits per heavy atom. The van der Waals surface area contributed by atoms with Crippen LogP contribution in [0.2, 0.25) is 0 Å². The van der Waals surface area contributed by atoms with Gasteiger partial charge >= 0.3 is 6.03 Å². The van der Waals surface area contributed by atoms with E-state index in [9.17, 15) is 14.9 Å². The molecule has 136 valence electrons. The molecule has 25 heavy (non-hydrogen) atoms. The molecule has 2 amide bonds. The molecule has 2 aliphatic heterocycles. The van der Waals surface area contributed by atoms with Crippen molar-refractivity contribution in [1.29, 1.82) is 0 Å². The molecule has 2 heterocycles. The molecular formula is C17H24N4O4. The lowest BCUT2D eigenvalue weighted by Crippen LogP contribution is -2.55. The number of nitrogens with zero attached hydrogens (tertiary/aromatic N) is 4. The van der Waals surface area contributed by atoms with Crippen LogP contribution < -0.4 is 0 Å². The van der Waals surface area contributed by atoms with Crippen LogP contribution in [-0.2, 0) is 4.74 Å². The molecule has 0 N–H and O–H groups in total. The van der Waals surface area contributed by atoms with Crippen molar-refractivity contribution in [1.82, 2.24) is 14.7 Å². The molecule has 2 fully saturated rings. The summed E-state index contributed by atoms with van der Waals surface area (Å²) in [5, 5.41) is 11.0. The van der Waals surface area contributed by atoms with Crippen LogP contribution in [0.4, 0.5) is 10.5 Å². The highest BCUT2D eigenvalue weighted by molar-refractivity contribution is 5.74. The maximum Gasteiger partial charge on any atom is 0.320 e. The number of urea groups is 1.